The fourth-order valence-electron chi connectivity index (χ4n) is 3.51. The highest BCUT2D eigenvalue weighted by atomic mass is 35.5. The number of carbonyl (C=O) groups excluding carboxylic acids is 1. The van der Waals surface area contributed by atoms with Gasteiger partial charge in [0.25, 0.3) is 15.9 Å². The van der Waals surface area contributed by atoms with Gasteiger partial charge in [0.1, 0.15) is 12.3 Å². The highest BCUT2D eigenvalue weighted by molar-refractivity contribution is 7.92. The molecule has 9 nitrogen and oxygen atoms in total. The molecule has 0 aliphatic heterocycles. The molecule has 0 bridgehead atoms. The highest BCUT2D eigenvalue weighted by Crippen LogP contribution is 2.32. The number of carbonyl (C=O) groups is 1. The molecule has 0 saturated carbocycles. The minimum atomic E-state index is -4.11. The molecule has 39 heavy (non-hydrogen) atoms. The largest absolute Gasteiger partial charge is 0.495 e. The Hall–Kier alpha value is -3.76. The number of amides is 1. The summed E-state index contributed by atoms with van der Waals surface area (Å²) in [5, 5.41) is 4.21. The molecule has 208 valence electrons. The number of ether oxygens (including phenoxy) is 3. The maximum Gasteiger partial charge on any atom is 0.264 e. The Labute approximate surface area is 234 Å². The number of methoxy groups -OCH3 is 1. The quantitative estimate of drug-likeness (QED) is 0.223. The van der Waals surface area contributed by atoms with Gasteiger partial charge in [-0.1, -0.05) is 36.2 Å². The van der Waals surface area contributed by atoms with Crippen LogP contribution in [0.1, 0.15) is 31.4 Å². The summed E-state index contributed by atoms with van der Waals surface area (Å²) in [6.07, 6.45) is 2.30. The zero-order valence-electron chi connectivity index (χ0n) is 22.3. The van der Waals surface area contributed by atoms with Gasteiger partial charge in [0, 0.05) is 0 Å². The SMILES string of the molecule is CCCOc1ccc(/C=N\NC(=O)CN(c2ccc(OC)c(Cl)c2)S(=O)(=O)c2ccc(C)cc2)cc1OCC. The number of nitrogens with zero attached hydrogens (tertiary/aromatic N) is 2. The zero-order chi connectivity index (χ0) is 28.4. The van der Waals surface area contributed by atoms with Crippen molar-refractivity contribution < 1.29 is 27.4 Å². The van der Waals surface area contributed by atoms with Gasteiger partial charge in [-0.15, -0.1) is 0 Å². The van der Waals surface area contributed by atoms with E-state index >= 15 is 0 Å². The zero-order valence-corrected chi connectivity index (χ0v) is 23.9. The number of anilines is 1. The summed E-state index contributed by atoms with van der Waals surface area (Å²) in [6.45, 7) is 6.22. The fourth-order valence-corrected chi connectivity index (χ4v) is 5.18. The van der Waals surface area contributed by atoms with E-state index in [1.54, 1.807) is 30.3 Å². The number of sulfonamides is 1. The van der Waals surface area contributed by atoms with Crippen LogP contribution in [0.2, 0.25) is 5.02 Å². The number of hydrogen-bond donors (Lipinski definition) is 1. The molecule has 11 heteroatoms. The van der Waals surface area contributed by atoms with Crippen molar-refractivity contribution in [3.63, 3.8) is 0 Å². The normalized spacial score (nSPS) is 11.3. The molecular formula is C28H32ClN3O6S. The van der Waals surface area contributed by atoms with Gasteiger partial charge < -0.3 is 14.2 Å². The molecular weight excluding hydrogens is 542 g/mol. The molecule has 3 aromatic rings. The number of nitrogens with one attached hydrogen (secondary N) is 1. The lowest BCUT2D eigenvalue weighted by Gasteiger charge is -2.24. The van der Waals surface area contributed by atoms with E-state index in [0.717, 1.165) is 16.3 Å². The van der Waals surface area contributed by atoms with Crippen LogP contribution in [-0.4, -0.2) is 47.4 Å². The van der Waals surface area contributed by atoms with Gasteiger partial charge >= 0.3 is 0 Å². The molecule has 0 saturated heterocycles. The second kappa shape index (κ2) is 13.9. The standard InChI is InChI=1S/C28H32ClN3O6S/c1-5-15-38-26-13-9-21(16-27(26)37-6-2)18-30-31-28(33)19-32(22-10-14-25(36-4)24(29)17-22)39(34,35)23-11-7-20(3)8-12-23/h7-14,16-18H,5-6,15,19H2,1-4H3,(H,31,33)/b30-18-. The predicted octanol–water partition coefficient (Wildman–Crippen LogP) is 5.19. The van der Waals surface area contributed by atoms with Crippen molar-refractivity contribution in [2.75, 3.05) is 31.2 Å². The monoisotopic (exact) mass is 573 g/mol. The minimum absolute atomic E-state index is 0.0326. The van der Waals surface area contributed by atoms with Crippen LogP contribution in [-0.2, 0) is 14.8 Å². The summed E-state index contributed by atoms with van der Waals surface area (Å²) >= 11 is 6.26. The molecule has 3 rings (SSSR count). The second-order valence-corrected chi connectivity index (χ2v) is 10.7. The third kappa shape index (κ3) is 7.87. The lowest BCUT2D eigenvalue weighted by Crippen LogP contribution is -2.39. The molecule has 0 aliphatic rings. The Morgan fingerprint density at radius 3 is 2.36 bits per heavy atom. The predicted molar refractivity (Wildman–Crippen MR) is 153 cm³/mol. The van der Waals surface area contributed by atoms with Crippen LogP contribution in [0.5, 0.6) is 17.2 Å². The summed E-state index contributed by atoms with van der Waals surface area (Å²) in [7, 11) is -2.66. The van der Waals surface area contributed by atoms with E-state index in [2.05, 4.69) is 10.5 Å². The molecule has 1 N–H and O–H groups in total. The van der Waals surface area contributed by atoms with Gasteiger partial charge in [-0.2, -0.15) is 5.10 Å². The van der Waals surface area contributed by atoms with Crippen molar-refractivity contribution in [3.8, 4) is 17.2 Å². The lowest BCUT2D eigenvalue weighted by molar-refractivity contribution is -0.119. The van der Waals surface area contributed by atoms with Crippen molar-refractivity contribution in [1.82, 2.24) is 5.43 Å². The van der Waals surface area contributed by atoms with E-state index in [-0.39, 0.29) is 15.6 Å². The first-order valence-electron chi connectivity index (χ1n) is 12.3. The van der Waals surface area contributed by atoms with Crippen LogP contribution in [0.15, 0.2) is 70.7 Å². The van der Waals surface area contributed by atoms with E-state index in [1.807, 2.05) is 20.8 Å². The van der Waals surface area contributed by atoms with E-state index in [1.165, 1.54) is 43.7 Å². The number of halogens is 1. The summed E-state index contributed by atoms with van der Waals surface area (Å²) < 4.78 is 44.6. The van der Waals surface area contributed by atoms with Crippen LogP contribution >= 0.6 is 11.6 Å². The Balaban J connectivity index is 1.82. The molecule has 1 amide bonds. The van der Waals surface area contributed by atoms with Crippen molar-refractivity contribution in [2.45, 2.75) is 32.1 Å². The van der Waals surface area contributed by atoms with E-state index in [9.17, 15) is 13.2 Å². The summed E-state index contributed by atoms with van der Waals surface area (Å²) in [6, 6.07) is 16.1. The average molecular weight is 574 g/mol. The van der Waals surface area contributed by atoms with Crippen LogP contribution in [0.4, 0.5) is 5.69 Å². The van der Waals surface area contributed by atoms with Crippen molar-refractivity contribution in [1.29, 1.82) is 0 Å². The van der Waals surface area contributed by atoms with Crippen molar-refractivity contribution >= 4 is 39.4 Å². The van der Waals surface area contributed by atoms with Crippen LogP contribution < -0.4 is 23.9 Å². The van der Waals surface area contributed by atoms with Gasteiger partial charge in [-0.3, -0.25) is 9.10 Å². The number of hydrazone groups is 1. The summed E-state index contributed by atoms with van der Waals surface area (Å²) in [5.41, 5.74) is 4.16. The van der Waals surface area contributed by atoms with Gasteiger partial charge in [-0.05, 0) is 74.4 Å². The number of aryl methyl sites for hydroxylation is 1. The van der Waals surface area contributed by atoms with Gasteiger partial charge in [0.15, 0.2) is 11.5 Å². The van der Waals surface area contributed by atoms with Gasteiger partial charge in [0.2, 0.25) is 0 Å². The number of benzene rings is 3. The first-order valence-corrected chi connectivity index (χ1v) is 14.2. The minimum Gasteiger partial charge on any atom is -0.495 e. The molecule has 0 heterocycles. The highest BCUT2D eigenvalue weighted by Gasteiger charge is 2.28. The smallest absolute Gasteiger partial charge is 0.264 e. The van der Waals surface area contributed by atoms with E-state index in [4.69, 9.17) is 25.8 Å². The molecule has 3 aromatic carbocycles. The molecule has 0 aromatic heterocycles. The fraction of sp³-hybridized carbons (Fsp3) is 0.286. The van der Waals surface area contributed by atoms with Crippen molar-refractivity contribution in [3.05, 3.63) is 76.8 Å². The first kappa shape index (κ1) is 29.8. The average Bonchev–Trinajstić information content (AvgIpc) is 2.91. The third-order valence-corrected chi connectivity index (χ3v) is 7.54. The molecule has 0 spiro atoms. The van der Waals surface area contributed by atoms with Gasteiger partial charge in [-0.25, -0.2) is 13.8 Å². The Kier molecular flexibility index (Phi) is 10.6. The van der Waals surface area contributed by atoms with Crippen molar-refractivity contribution in [2.24, 2.45) is 5.10 Å². The van der Waals surface area contributed by atoms with E-state index < -0.39 is 22.5 Å². The van der Waals surface area contributed by atoms with Gasteiger partial charge in [0.05, 0.1) is 42.1 Å². The topological polar surface area (TPSA) is 107 Å². The summed E-state index contributed by atoms with van der Waals surface area (Å²) in [5.74, 6) is 0.907. The molecule has 0 unspecified atom stereocenters. The van der Waals surface area contributed by atoms with Crippen LogP contribution in [0.3, 0.4) is 0 Å². The molecule has 0 fully saturated rings. The number of hydrogen-bond acceptors (Lipinski definition) is 7. The summed E-state index contributed by atoms with van der Waals surface area (Å²) in [4.78, 5) is 12.9. The maximum atomic E-state index is 13.6. The second-order valence-electron chi connectivity index (χ2n) is 8.42. The molecule has 0 atom stereocenters. The maximum absolute atomic E-state index is 13.6. The Morgan fingerprint density at radius 1 is 1.00 bits per heavy atom. The first-order chi connectivity index (χ1) is 18.7. The lowest BCUT2D eigenvalue weighted by atomic mass is 10.2. The Bertz CT molecular complexity index is 1410. The molecule has 0 radical (unpaired) electrons. The van der Waals surface area contributed by atoms with Crippen LogP contribution in [0, 0.1) is 6.92 Å². The third-order valence-electron chi connectivity index (χ3n) is 5.45. The van der Waals surface area contributed by atoms with Crippen LogP contribution in [0.25, 0.3) is 0 Å². The molecule has 0 aliphatic carbocycles. The Morgan fingerprint density at radius 2 is 1.72 bits per heavy atom. The van der Waals surface area contributed by atoms with E-state index in [0.29, 0.717) is 36.0 Å². The number of rotatable bonds is 13.